The van der Waals surface area contributed by atoms with Crippen molar-refractivity contribution >= 4 is 62.1 Å². The van der Waals surface area contributed by atoms with Crippen LogP contribution in [0.2, 0.25) is 0 Å². The van der Waals surface area contributed by atoms with Gasteiger partial charge in [0.05, 0.1) is 17.8 Å². The number of hydrogen-bond acceptors (Lipinski definition) is 12. The van der Waals surface area contributed by atoms with Gasteiger partial charge in [-0.2, -0.15) is 12.7 Å². The molecule has 338 valence electrons. The number of nitrogens with one attached hydrogen (secondary N) is 4. The molecule has 3 amide bonds. The number of amides is 3. The van der Waals surface area contributed by atoms with Gasteiger partial charge in [-0.1, -0.05) is 12.1 Å². The number of imide groups is 1. The number of pyridine rings is 1. The largest absolute Gasteiger partial charge is 0.374 e. The average Bonchev–Trinajstić information content (AvgIpc) is 3.98. The smallest absolute Gasteiger partial charge is 0.301 e. The van der Waals surface area contributed by atoms with Crippen LogP contribution >= 0.6 is 0 Å². The van der Waals surface area contributed by atoms with Crippen LogP contribution in [0.5, 0.6) is 0 Å². The number of nitrogens with zero attached hydrogens (tertiary/aromatic N) is 7. The third-order valence-corrected chi connectivity index (χ3v) is 14.9. The van der Waals surface area contributed by atoms with Gasteiger partial charge < -0.3 is 20.1 Å². The molecule has 5 aromatic rings. The van der Waals surface area contributed by atoms with Crippen molar-refractivity contribution in [1.29, 1.82) is 0 Å². The Kier molecular flexibility index (Phi) is 11.1. The first-order valence-electron chi connectivity index (χ1n) is 21.9. The highest BCUT2D eigenvalue weighted by Gasteiger charge is 2.54. The van der Waals surface area contributed by atoms with E-state index in [2.05, 4.69) is 57.2 Å². The van der Waals surface area contributed by atoms with Crippen LogP contribution < -0.4 is 20.3 Å². The minimum atomic E-state index is -4.10. The molecular formula is C45H47F2N11O6S. The van der Waals surface area contributed by atoms with Gasteiger partial charge in [-0.05, 0) is 87.0 Å². The lowest BCUT2D eigenvalue weighted by molar-refractivity contribution is -0.146. The van der Waals surface area contributed by atoms with Crippen molar-refractivity contribution in [1.82, 2.24) is 39.4 Å². The lowest BCUT2D eigenvalue weighted by Crippen LogP contribution is -2.73. The average molecular weight is 908 g/mol. The van der Waals surface area contributed by atoms with Gasteiger partial charge in [-0.3, -0.25) is 34.1 Å². The van der Waals surface area contributed by atoms with E-state index in [-0.39, 0.29) is 41.8 Å². The van der Waals surface area contributed by atoms with E-state index >= 15 is 8.78 Å². The molecular weight excluding hydrogens is 861 g/mol. The first kappa shape index (κ1) is 42.6. The number of carbonyl (C=O) groups excluding carboxylic acids is 4. The van der Waals surface area contributed by atoms with Crippen molar-refractivity contribution in [2.45, 2.75) is 50.5 Å². The molecule has 0 radical (unpaired) electrons. The maximum Gasteiger partial charge on any atom is 0.301 e. The van der Waals surface area contributed by atoms with Crippen LogP contribution in [-0.4, -0.2) is 131 Å². The SMILES string of the molecule is O=C1CCC(Nc2ccc(C3CCN(CC(=O)N4CC5(C4)CN(c4ncc(-c6cnc7[nH]cc(C(=O)c8c(F)ccc(NS(=O)(=O)N9CCCC9)c8F)c7c6)cn4)C5)CC3)cc2)C(=O)N1. The van der Waals surface area contributed by atoms with Gasteiger partial charge in [-0.15, -0.1) is 0 Å². The normalized spacial score (nSPS) is 20.4. The van der Waals surface area contributed by atoms with E-state index in [1.54, 1.807) is 24.7 Å². The fourth-order valence-electron chi connectivity index (χ4n) is 9.73. The lowest BCUT2D eigenvalue weighted by Gasteiger charge is -2.60. The number of carbonyl (C=O) groups is 4. The van der Waals surface area contributed by atoms with E-state index in [9.17, 15) is 27.6 Å². The highest BCUT2D eigenvalue weighted by Crippen LogP contribution is 2.41. The maximum atomic E-state index is 15.7. The zero-order chi connectivity index (χ0) is 45.0. The summed E-state index contributed by atoms with van der Waals surface area (Å²) < 4.78 is 59.8. The summed E-state index contributed by atoms with van der Waals surface area (Å²) in [5.41, 5.74) is 2.11. The van der Waals surface area contributed by atoms with E-state index in [1.165, 1.54) is 16.1 Å². The van der Waals surface area contributed by atoms with Crippen LogP contribution in [0.1, 0.15) is 65.9 Å². The summed E-state index contributed by atoms with van der Waals surface area (Å²) in [4.78, 5) is 73.3. The van der Waals surface area contributed by atoms with Crippen molar-refractivity contribution in [3.05, 3.63) is 95.6 Å². The Morgan fingerprint density at radius 3 is 2.28 bits per heavy atom. The molecule has 0 bridgehead atoms. The third-order valence-electron chi connectivity index (χ3n) is 13.4. The van der Waals surface area contributed by atoms with Crippen molar-refractivity contribution in [3.63, 3.8) is 0 Å². The number of hydrogen-bond donors (Lipinski definition) is 4. The molecule has 5 fully saturated rings. The van der Waals surface area contributed by atoms with Gasteiger partial charge >= 0.3 is 10.2 Å². The van der Waals surface area contributed by atoms with E-state index in [4.69, 9.17) is 0 Å². The monoisotopic (exact) mass is 907 g/mol. The van der Waals surface area contributed by atoms with Crippen molar-refractivity contribution in [2.75, 3.05) is 73.8 Å². The molecule has 17 nitrogen and oxygen atoms in total. The minimum absolute atomic E-state index is 0.00671. The highest BCUT2D eigenvalue weighted by molar-refractivity contribution is 7.90. The van der Waals surface area contributed by atoms with E-state index < -0.39 is 44.9 Å². The second kappa shape index (κ2) is 16.9. The Balaban J connectivity index is 0.704. The summed E-state index contributed by atoms with van der Waals surface area (Å²) >= 11 is 0. The molecule has 1 unspecified atom stereocenters. The standard InChI is InChI=1S/C45H47F2N11O6S/c46-34-7-8-35(54-65(63,64)58-13-1-2-14-58)40(47)39(34)41(61)33-21-49-42-32(33)17-29(18-48-42)30-19-50-44(51-20-30)57-25-45(26-57)23-56(24-45)38(60)22-55-15-11-28(12-16-55)27-3-5-31(6-4-27)52-36-9-10-37(59)53-43(36)62/h3-8,17-21,28,36,52,54H,1-2,9-16,22-26H2,(H,48,49)(H,53,59,62). The van der Waals surface area contributed by atoms with Gasteiger partial charge in [0.25, 0.3) is 0 Å². The number of benzene rings is 2. The van der Waals surface area contributed by atoms with Crippen LogP contribution in [0.3, 0.4) is 0 Å². The Morgan fingerprint density at radius 2 is 1.57 bits per heavy atom. The number of halogens is 2. The number of ketones is 1. The predicted molar refractivity (Wildman–Crippen MR) is 236 cm³/mol. The predicted octanol–water partition coefficient (Wildman–Crippen LogP) is 4.03. The second-order valence-corrected chi connectivity index (χ2v) is 19.5. The van der Waals surface area contributed by atoms with Crippen molar-refractivity contribution in [3.8, 4) is 11.1 Å². The molecule has 5 aliphatic rings. The van der Waals surface area contributed by atoms with Gasteiger partial charge in [0, 0.05) is 104 Å². The lowest BCUT2D eigenvalue weighted by atomic mass is 9.73. The van der Waals surface area contributed by atoms with E-state index in [0.29, 0.717) is 79.3 Å². The molecule has 0 aliphatic carbocycles. The summed E-state index contributed by atoms with van der Waals surface area (Å²) in [5, 5.41) is 5.91. The molecule has 8 heterocycles. The zero-order valence-electron chi connectivity index (χ0n) is 35.4. The maximum absolute atomic E-state index is 15.7. The Labute approximate surface area is 373 Å². The van der Waals surface area contributed by atoms with Gasteiger partial charge in [0.1, 0.15) is 17.5 Å². The molecule has 65 heavy (non-hydrogen) atoms. The number of likely N-dealkylation sites (tertiary alicyclic amines) is 2. The van der Waals surface area contributed by atoms with Crippen LogP contribution in [-0.2, 0) is 24.6 Å². The summed E-state index contributed by atoms with van der Waals surface area (Å²) in [5.74, 6) is -2.88. The van der Waals surface area contributed by atoms with Crippen LogP contribution in [0.15, 0.2) is 67.3 Å². The van der Waals surface area contributed by atoms with E-state index in [1.807, 2.05) is 17.0 Å². The van der Waals surface area contributed by atoms with Crippen molar-refractivity contribution < 1.29 is 36.4 Å². The van der Waals surface area contributed by atoms with Gasteiger partial charge in [0.2, 0.25) is 29.5 Å². The molecule has 10 rings (SSSR count). The fraction of sp³-hybridized carbons (Fsp3) is 0.400. The minimum Gasteiger partial charge on any atom is -0.374 e. The molecule has 20 heteroatoms. The molecule has 2 aromatic carbocycles. The molecule has 5 aliphatic heterocycles. The van der Waals surface area contributed by atoms with Crippen LogP contribution in [0.25, 0.3) is 22.2 Å². The molecule has 0 saturated carbocycles. The summed E-state index contributed by atoms with van der Waals surface area (Å²) in [6, 6.07) is 11.2. The number of aromatic nitrogens is 4. The summed E-state index contributed by atoms with van der Waals surface area (Å²) in [6.45, 7) is 5.45. The van der Waals surface area contributed by atoms with E-state index in [0.717, 1.165) is 56.8 Å². The van der Waals surface area contributed by atoms with Crippen molar-refractivity contribution in [2.24, 2.45) is 5.41 Å². The van der Waals surface area contributed by atoms with Gasteiger partial charge in [0.15, 0.2) is 5.82 Å². The third kappa shape index (κ3) is 8.41. The topological polar surface area (TPSA) is 206 Å². The zero-order valence-corrected chi connectivity index (χ0v) is 36.2. The Hall–Kier alpha value is -6.38. The fourth-order valence-corrected chi connectivity index (χ4v) is 11.0. The number of rotatable bonds is 12. The molecule has 3 aromatic heterocycles. The quantitative estimate of drug-likeness (QED) is 0.104. The van der Waals surface area contributed by atoms with Crippen LogP contribution in [0.4, 0.5) is 26.1 Å². The number of piperidine rings is 2. The molecule has 4 N–H and O–H groups in total. The first-order valence-corrected chi connectivity index (χ1v) is 23.3. The molecule has 5 saturated heterocycles. The number of H-pyrrole nitrogens is 1. The number of aromatic amines is 1. The van der Waals surface area contributed by atoms with Crippen LogP contribution in [0, 0.1) is 17.0 Å². The summed E-state index contributed by atoms with van der Waals surface area (Å²) in [7, 11) is -4.10. The second-order valence-electron chi connectivity index (χ2n) is 17.8. The number of anilines is 3. The first-order chi connectivity index (χ1) is 31.3. The Bertz CT molecular complexity index is 2800. The number of fused-ring (bicyclic) bond motifs is 1. The van der Waals surface area contributed by atoms with Gasteiger partial charge in [-0.25, -0.2) is 23.7 Å². The summed E-state index contributed by atoms with van der Waals surface area (Å²) in [6.07, 6.45) is 10.2. The molecule has 1 spiro atoms. The highest BCUT2D eigenvalue weighted by atomic mass is 32.2. The molecule has 1 atom stereocenters. The Morgan fingerprint density at radius 1 is 0.862 bits per heavy atom.